The van der Waals surface area contributed by atoms with Crippen LogP contribution in [-0.2, 0) is 0 Å². The number of hydrogen-bond donors (Lipinski definition) is 0. The maximum atomic E-state index is 3.95. The second-order valence-corrected chi connectivity index (χ2v) is 4.18. The van der Waals surface area contributed by atoms with Crippen LogP contribution in [0, 0.1) is 0 Å². The van der Waals surface area contributed by atoms with Crippen LogP contribution in [0.3, 0.4) is 0 Å². The third-order valence-corrected chi connectivity index (χ3v) is 2.26. The molecule has 11 heavy (non-hydrogen) atoms. The van der Waals surface area contributed by atoms with Crippen LogP contribution in [0.4, 0.5) is 0 Å². The summed E-state index contributed by atoms with van der Waals surface area (Å²) in [5.41, 5.74) is 1.29. The topological polar surface area (TPSA) is 3.24 Å². The average Bonchev–Trinajstić information content (AvgIpc) is 2.08. The summed E-state index contributed by atoms with van der Waals surface area (Å²) < 4.78 is 1.14. The molecule has 1 aliphatic rings. The lowest BCUT2D eigenvalue weighted by Crippen LogP contribution is -2.43. The van der Waals surface area contributed by atoms with Crippen LogP contribution in [-0.4, -0.2) is 49.8 Å². The fourth-order valence-electron chi connectivity index (χ4n) is 1.92. The summed E-state index contributed by atoms with van der Waals surface area (Å²) in [4.78, 5) is 2.38. The molecule has 1 aliphatic heterocycles. The molecule has 1 unspecified atom stereocenters. The number of nitrogens with zero attached hydrogens (tertiary/aromatic N) is 2. The van der Waals surface area contributed by atoms with E-state index in [1.807, 2.05) is 0 Å². The molecule has 0 amide bonds. The van der Waals surface area contributed by atoms with Crippen molar-refractivity contribution < 1.29 is 4.48 Å². The zero-order valence-electron chi connectivity index (χ0n) is 7.93. The number of rotatable bonds is 2. The molecule has 64 valence electrons. The summed E-state index contributed by atoms with van der Waals surface area (Å²) >= 11 is 0. The highest BCUT2D eigenvalue weighted by Gasteiger charge is 2.29. The van der Waals surface area contributed by atoms with Crippen LogP contribution >= 0.6 is 0 Å². The van der Waals surface area contributed by atoms with E-state index in [9.17, 15) is 0 Å². The summed E-state index contributed by atoms with van der Waals surface area (Å²) in [6, 6.07) is 0. The minimum absolute atomic E-state index is 1.13. The maximum Gasteiger partial charge on any atom is 0.135 e. The van der Waals surface area contributed by atoms with Crippen LogP contribution in [0.15, 0.2) is 12.2 Å². The van der Waals surface area contributed by atoms with Gasteiger partial charge in [0.05, 0.1) is 20.1 Å². The van der Waals surface area contributed by atoms with E-state index >= 15 is 0 Å². The van der Waals surface area contributed by atoms with Crippen molar-refractivity contribution in [3.8, 4) is 0 Å². The number of quaternary nitrogens is 1. The fourth-order valence-corrected chi connectivity index (χ4v) is 1.92. The molecular formula is C9H19N2+. The van der Waals surface area contributed by atoms with E-state index in [2.05, 4.69) is 32.5 Å². The minimum Gasteiger partial charge on any atom is -0.309 e. The third kappa shape index (κ3) is 2.31. The van der Waals surface area contributed by atoms with Gasteiger partial charge < -0.3 is 4.48 Å². The predicted octanol–water partition coefficient (Wildman–Crippen LogP) is 0.912. The highest BCUT2D eigenvalue weighted by Crippen LogP contribution is 2.13. The highest BCUT2D eigenvalue weighted by atomic mass is 15.5. The largest absolute Gasteiger partial charge is 0.309 e. The van der Waals surface area contributed by atoms with Gasteiger partial charge in [-0.2, -0.15) is 0 Å². The Morgan fingerprint density at radius 2 is 2.27 bits per heavy atom. The summed E-state index contributed by atoms with van der Waals surface area (Å²) in [5.74, 6) is 0. The van der Waals surface area contributed by atoms with Gasteiger partial charge in [-0.05, 0) is 19.5 Å². The molecule has 0 aromatic heterocycles. The summed E-state index contributed by atoms with van der Waals surface area (Å²) in [5, 5.41) is 0. The molecule has 0 N–H and O–H groups in total. The van der Waals surface area contributed by atoms with Crippen molar-refractivity contribution in [2.75, 3.05) is 40.4 Å². The van der Waals surface area contributed by atoms with E-state index in [4.69, 9.17) is 0 Å². The van der Waals surface area contributed by atoms with Crippen molar-refractivity contribution in [2.45, 2.75) is 6.92 Å². The fraction of sp³-hybridized carbons (Fsp3) is 0.778. The monoisotopic (exact) mass is 155 g/mol. The number of likely N-dealkylation sites (N-methyl/N-ethyl adjacent to an activating group) is 2. The van der Waals surface area contributed by atoms with Gasteiger partial charge in [0.2, 0.25) is 0 Å². The van der Waals surface area contributed by atoms with Crippen molar-refractivity contribution in [2.24, 2.45) is 0 Å². The van der Waals surface area contributed by atoms with Crippen molar-refractivity contribution in [1.29, 1.82) is 0 Å². The third-order valence-electron chi connectivity index (χ3n) is 2.26. The Morgan fingerprint density at radius 3 is 2.64 bits per heavy atom. The number of hydrogen-bond acceptors (Lipinski definition) is 1. The van der Waals surface area contributed by atoms with Crippen molar-refractivity contribution in [3.05, 3.63) is 12.2 Å². The molecule has 0 saturated carbocycles. The van der Waals surface area contributed by atoms with E-state index in [0.29, 0.717) is 0 Å². The standard InChI is InChI=1S/C9H19N2/c1-9(2)7-11(4)6-5-10(3)8-11/h1,5-8H2,2-4H3/q+1. The van der Waals surface area contributed by atoms with Crippen LogP contribution in [0.1, 0.15) is 6.92 Å². The summed E-state index contributed by atoms with van der Waals surface area (Å²) in [6.45, 7) is 10.9. The Morgan fingerprint density at radius 1 is 1.64 bits per heavy atom. The Labute approximate surface area is 69.7 Å². The normalized spacial score (nSPS) is 32.6. The van der Waals surface area contributed by atoms with E-state index in [1.165, 1.54) is 25.3 Å². The SMILES string of the molecule is C=C(C)C[N+]1(C)CCN(C)C1. The molecule has 0 aromatic carbocycles. The van der Waals surface area contributed by atoms with Gasteiger partial charge in [0.25, 0.3) is 0 Å². The first-order valence-corrected chi connectivity index (χ1v) is 4.18. The van der Waals surface area contributed by atoms with E-state index in [-0.39, 0.29) is 0 Å². The van der Waals surface area contributed by atoms with Gasteiger partial charge in [-0.3, -0.25) is 4.90 Å². The van der Waals surface area contributed by atoms with Gasteiger partial charge in [-0.1, -0.05) is 6.58 Å². The van der Waals surface area contributed by atoms with Gasteiger partial charge >= 0.3 is 0 Å². The second kappa shape index (κ2) is 2.95. The molecule has 1 atom stereocenters. The molecular weight excluding hydrogens is 136 g/mol. The molecule has 2 nitrogen and oxygen atoms in total. The van der Waals surface area contributed by atoms with Gasteiger partial charge in [-0.15, -0.1) is 0 Å². The quantitative estimate of drug-likeness (QED) is 0.423. The molecule has 1 heterocycles. The van der Waals surface area contributed by atoms with Gasteiger partial charge in [0, 0.05) is 0 Å². The molecule has 0 spiro atoms. The molecule has 0 aliphatic carbocycles. The molecule has 1 fully saturated rings. The Balaban J connectivity index is 2.48. The first-order chi connectivity index (χ1) is 5.02. The molecule has 1 rings (SSSR count). The molecule has 1 saturated heterocycles. The van der Waals surface area contributed by atoms with E-state index < -0.39 is 0 Å². The average molecular weight is 155 g/mol. The first-order valence-electron chi connectivity index (χ1n) is 4.18. The molecule has 2 heteroatoms. The van der Waals surface area contributed by atoms with E-state index in [0.717, 1.165) is 11.0 Å². The first kappa shape index (κ1) is 8.75. The van der Waals surface area contributed by atoms with Crippen LogP contribution in [0.25, 0.3) is 0 Å². The highest BCUT2D eigenvalue weighted by molar-refractivity contribution is 4.88. The summed E-state index contributed by atoms with van der Waals surface area (Å²) in [7, 11) is 4.49. The van der Waals surface area contributed by atoms with Crippen molar-refractivity contribution >= 4 is 0 Å². The lowest BCUT2D eigenvalue weighted by Gasteiger charge is -2.28. The molecule has 0 bridgehead atoms. The lowest BCUT2D eigenvalue weighted by molar-refractivity contribution is -0.897. The minimum atomic E-state index is 1.13. The zero-order valence-corrected chi connectivity index (χ0v) is 7.93. The molecule has 0 radical (unpaired) electrons. The predicted molar refractivity (Wildman–Crippen MR) is 48.2 cm³/mol. The van der Waals surface area contributed by atoms with E-state index in [1.54, 1.807) is 0 Å². The van der Waals surface area contributed by atoms with Crippen molar-refractivity contribution in [3.63, 3.8) is 0 Å². The van der Waals surface area contributed by atoms with Crippen molar-refractivity contribution in [1.82, 2.24) is 4.90 Å². The zero-order chi connectivity index (χ0) is 8.48. The van der Waals surface area contributed by atoms with Crippen LogP contribution < -0.4 is 0 Å². The van der Waals surface area contributed by atoms with Gasteiger partial charge in [0.1, 0.15) is 13.2 Å². The Hall–Kier alpha value is -0.340. The lowest BCUT2D eigenvalue weighted by atomic mass is 10.3. The smallest absolute Gasteiger partial charge is 0.135 e. The summed E-state index contributed by atoms with van der Waals surface area (Å²) in [6.07, 6.45) is 0. The maximum absolute atomic E-state index is 3.95. The van der Waals surface area contributed by atoms with Gasteiger partial charge in [-0.25, -0.2) is 0 Å². The van der Waals surface area contributed by atoms with Crippen LogP contribution in [0.5, 0.6) is 0 Å². The second-order valence-electron chi connectivity index (χ2n) is 4.18. The van der Waals surface area contributed by atoms with Gasteiger partial charge in [0.15, 0.2) is 0 Å². The Bertz CT molecular complexity index is 165. The Kier molecular flexibility index (Phi) is 2.35. The molecule has 0 aromatic rings. The van der Waals surface area contributed by atoms with Crippen LogP contribution in [0.2, 0.25) is 0 Å².